The molecule has 5 heteroatoms. The molecule has 1 aromatic carbocycles. The Hall–Kier alpha value is -2.04. The molecule has 15 heavy (non-hydrogen) atoms. The van der Waals surface area contributed by atoms with E-state index in [1.165, 1.54) is 7.11 Å². The Morgan fingerprint density at radius 1 is 1.53 bits per heavy atom. The van der Waals surface area contributed by atoms with Crippen LogP contribution in [0.5, 0.6) is 0 Å². The molecular weight excluding hydrogens is 194 g/mol. The second kappa shape index (κ2) is 3.27. The van der Waals surface area contributed by atoms with Gasteiger partial charge in [0.15, 0.2) is 0 Å². The van der Waals surface area contributed by atoms with Crippen molar-refractivity contribution < 1.29 is 9.53 Å². The first-order chi connectivity index (χ1) is 7.15. The molecule has 1 heterocycles. The summed E-state index contributed by atoms with van der Waals surface area (Å²) in [6.07, 6.45) is 0. The van der Waals surface area contributed by atoms with Crippen LogP contribution in [0.3, 0.4) is 0 Å². The number of methoxy groups -OCH3 is 1. The maximum absolute atomic E-state index is 11.4. The van der Waals surface area contributed by atoms with Gasteiger partial charge in [0.2, 0.25) is 5.95 Å². The Balaban J connectivity index is 2.77. The van der Waals surface area contributed by atoms with Crippen LogP contribution in [0.2, 0.25) is 0 Å². The van der Waals surface area contributed by atoms with E-state index in [9.17, 15) is 4.79 Å². The molecule has 0 fully saturated rings. The normalized spacial score (nSPS) is 10.5. The van der Waals surface area contributed by atoms with Gasteiger partial charge in [-0.05, 0) is 12.1 Å². The quantitative estimate of drug-likeness (QED) is 0.703. The van der Waals surface area contributed by atoms with E-state index in [-0.39, 0.29) is 0 Å². The van der Waals surface area contributed by atoms with Crippen molar-refractivity contribution in [1.82, 2.24) is 9.55 Å². The van der Waals surface area contributed by atoms with E-state index >= 15 is 0 Å². The number of benzene rings is 1. The number of hydrogen-bond donors (Lipinski definition) is 1. The van der Waals surface area contributed by atoms with Crippen molar-refractivity contribution >= 4 is 23.0 Å². The average molecular weight is 205 g/mol. The first-order valence-electron chi connectivity index (χ1n) is 4.44. The molecule has 0 amide bonds. The number of anilines is 1. The first-order valence-corrected chi connectivity index (χ1v) is 4.44. The first kappa shape index (κ1) is 9.51. The minimum absolute atomic E-state index is 0.376. The van der Waals surface area contributed by atoms with E-state index < -0.39 is 5.97 Å². The fourth-order valence-electron chi connectivity index (χ4n) is 1.51. The minimum atomic E-state index is -0.404. The molecule has 0 aliphatic heterocycles. The average Bonchev–Trinajstić information content (AvgIpc) is 2.54. The lowest BCUT2D eigenvalue weighted by molar-refractivity contribution is 0.0603. The van der Waals surface area contributed by atoms with Crippen LogP contribution in [0.15, 0.2) is 18.2 Å². The van der Waals surface area contributed by atoms with Gasteiger partial charge in [-0.1, -0.05) is 6.07 Å². The van der Waals surface area contributed by atoms with Crippen molar-refractivity contribution in [3.05, 3.63) is 23.8 Å². The predicted molar refractivity (Wildman–Crippen MR) is 56.5 cm³/mol. The molecule has 0 radical (unpaired) electrons. The van der Waals surface area contributed by atoms with Crippen LogP contribution in [0.4, 0.5) is 5.95 Å². The molecule has 0 bridgehead atoms. The highest BCUT2D eigenvalue weighted by atomic mass is 16.5. The zero-order valence-corrected chi connectivity index (χ0v) is 8.52. The number of nitrogen functional groups attached to an aromatic ring is 1. The fraction of sp³-hybridized carbons (Fsp3) is 0.200. The number of esters is 1. The number of rotatable bonds is 1. The van der Waals surface area contributed by atoms with E-state index in [2.05, 4.69) is 9.72 Å². The summed E-state index contributed by atoms with van der Waals surface area (Å²) in [4.78, 5) is 15.6. The van der Waals surface area contributed by atoms with Gasteiger partial charge < -0.3 is 15.0 Å². The lowest BCUT2D eigenvalue weighted by Crippen LogP contribution is -2.01. The second-order valence-corrected chi connectivity index (χ2v) is 3.19. The van der Waals surface area contributed by atoms with Gasteiger partial charge in [0.25, 0.3) is 0 Å². The summed E-state index contributed by atoms with van der Waals surface area (Å²) in [6, 6.07) is 5.29. The molecule has 78 valence electrons. The Bertz CT molecular complexity index is 531. The van der Waals surface area contributed by atoms with E-state index in [4.69, 9.17) is 5.73 Å². The Morgan fingerprint density at radius 3 is 2.93 bits per heavy atom. The van der Waals surface area contributed by atoms with Gasteiger partial charge in [0.1, 0.15) is 5.52 Å². The molecule has 0 aliphatic rings. The zero-order chi connectivity index (χ0) is 11.0. The van der Waals surface area contributed by atoms with Crippen LogP contribution in [-0.4, -0.2) is 22.6 Å². The molecule has 0 saturated carbocycles. The topological polar surface area (TPSA) is 70.1 Å². The van der Waals surface area contributed by atoms with Crippen LogP contribution in [0, 0.1) is 0 Å². The van der Waals surface area contributed by atoms with Gasteiger partial charge in [-0.15, -0.1) is 0 Å². The van der Waals surface area contributed by atoms with Crippen LogP contribution in [0.25, 0.3) is 11.0 Å². The second-order valence-electron chi connectivity index (χ2n) is 3.19. The van der Waals surface area contributed by atoms with Gasteiger partial charge in [0.05, 0.1) is 18.2 Å². The Kier molecular flexibility index (Phi) is 2.07. The molecule has 2 aromatic rings. The number of carbonyl (C=O) groups is 1. The summed E-state index contributed by atoms with van der Waals surface area (Å²) in [6.45, 7) is 0. The molecule has 5 nitrogen and oxygen atoms in total. The third kappa shape index (κ3) is 1.32. The van der Waals surface area contributed by atoms with E-state index in [0.717, 1.165) is 5.52 Å². The molecule has 0 spiro atoms. The van der Waals surface area contributed by atoms with Gasteiger partial charge >= 0.3 is 5.97 Å². The SMILES string of the molecule is COC(=O)c1cccc2c1nc(N)n2C. The fourth-order valence-corrected chi connectivity index (χ4v) is 1.51. The van der Waals surface area contributed by atoms with Crippen molar-refractivity contribution in [2.45, 2.75) is 0 Å². The lowest BCUT2D eigenvalue weighted by atomic mass is 10.2. The maximum Gasteiger partial charge on any atom is 0.340 e. The van der Waals surface area contributed by atoms with E-state index in [0.29, 0.717) is 17.0 Å². The monoisotopic (exact) mass is 205 g/mol. The number of hydrogen-bond acceptors (Lipinski definition) is 4. The number of carbonyl (C=O) groups excluding carboxylic acids is 1. The third-order valence-corrected chi connectivity index (χ3v) is 2.35. The number of nitrogens with zero attached hydrogens (tertiary/aromatic N) is 2. The highest BCUT2D eigenvalue weighted by Crippen LogP contribution is 2.20. The lowest BCUT2D eigenvalue weighted by Gasteiger charge is -2.00. The van der Waals surface area contributed by atoms with Crippen LogP contribution < -0.4 is 5.73 Å². The highest BCUT2D eigenvalue weighted by molar-refractivity contribution is 6.02. The number of aryl methyl sites for hydroxylation is 1. The highest BCUT2D eigenvalue weighted by Gasteiger charge is 2.14. The number of para-hydroxylation sites is 1. The molecule has 0 saturated heterocycles. The summed E-state index contributed by atoms with van der Waals surface area (Å²) >= 11 is 0. The summed E-state index contributed by atoms with van der Waals surface area (Å²) in [5, 5.41) is 0. The largest absolute Gasteiger partial charge is 0.465 e. The predicted octanol–water partition coefficient (Wildman–Crippen LogP) is 0.942. The number of imidazole rings is 1. The maximum atomic E-state index is 11.4. The molecule has 0 aliphatic carbocycles. The van der Waals surface area contributed by atoms with Crippen LogP contribution in [0.1, 0.15) is 10.4 Å². The molecular formula is C10H11N3O2. The summed E-state index contributed by atoms with van der Waals surface area (Å²) in [7, 11) is 3.14. The molecule has 1 aromatic heterocycles. The van der Waals surface area contributed by atoms with Crippen molar-refractivity contribution in [3.8, 4) is 0 Å². The van der Waals surface area contributed by atoms with E-state index in [1.54, 1.807) is 23.7 Å². The summed E-state index contributed by atoms with van der Waals surface area (Å²) < 4.78 is 6.39. The molecule has 0 atom stereocenters. The Morgan fingerprint density at radius 2 is 2.27 bits per heavy atom. The number of nitrogens with two attached hydrogens (primary N) is 1. The van der Waals surface area contributed by atoms with Crippen molar-refractivity contribution in [2.75, 3.05) is 12.8 Å². The van der Waals surface area contributed by atoms with Gasteiger partial charge in [0, 0.05) is 7.05 Å². The zero-order valence-electron chi connectivity index (χ0n) is 8.52. The summed E-state index contributed by atoms with van der Waals surface area (Å²) in [5.74, 6) is -0.0277. The standard InChI is InChI=1S/C10H11N3O2/c1-13-7-5-3-4-6(9(14)15-2)8(7)12-10(13)11/h3-5H,1-2H3,(H2,11,12). The number of aromatic nitrogens is 2. The molecule has 2 N–H and O–H groups in total. The molecule has 2 rings (SSSR count). The Labute approximate surface area is 86.5 Å². The van der Waals surface area contributed by atoms with Crippen molar-refractivity contribution in [1.29, 1.82) is 0 Å². The van der Waals surface area contributed by atoms with Gasteiger partial charge in [-0.2, -0.15) is 0 Å². The number of fused-ring (bicyclic) bond motifs is 1. The van der Waals surface area contributed by atoms with Crippen molar-refractivity contribution in [2.24, 2.45) is 7.05 Å². The summed E-state index contributed by atoms with van der Waals surface area (Å²) in [5.41, 5.74) is 7.48. The third-order valence-electron chi connectivity index (χ3n) is 2.35. The minimum Gasteiger partial charge on any atom is -0.465 e. The van der Waals surface area contributed by atoms with Gasteiger partial charge in [-0.25, -0.2) is 9.78 Å². The van der Waals surface area contributed by atoms with Crippen LogP contribution in [-0.2, 0) is 11.8 Å². The van der Waals surface area contributed by atoms with Crippen LogP contribution >= 0.6 is 0 Å². The number of ether oxygens (including phenoxy) is 1. The molecule has 0 unspecified atom stereocenters. The smallest absolute Gasteiger partial charge is 0.340 e. The van der Waals surface area contributed by atoms with Gasteiger partial charge in [-0.3, -0.25) is 0 Å². The van der Waals surface area contributed by atoms with E-state index in [1.807, 2.05) is 6.07 Å². The van der Waals surface area contributed by atoms with Crippen molar-refractivity contribution in [3.63, 3.8) is 0 Å².